The van der Waals surface area contributed by atoms with E-state index in [4.69, 9.17) is 4.74 Å². The van der Waals surface area contributed by atoms with Crippen molar-refractivity contribution in [3.8, 4) is 0 Å². The first kappa shape index (κ1) is 29.2. The third-order valence-corrected chi connectivity index (χ3v) is 9.04. The molecule has 12 heteroatoms. The Labute approximate surface area is 214 Å². The van der Waals surface area contributed by atoms with Gasteiger partial charge in [-0.15, -0.1) is 0 Å². The van der Waals surface area contributed by atoms with E-state index in [1.54, 1.807) is 34.6 Å². The fourth-order valence-electron chi connectivity index (χ4n) is 4.17. The zero-order valence-electron chi connectivity index (χ0n) is 21.4. The van der Waals surface area contributed by atoms with Crippen molar-refractivity contribution in [1.29, 1.82) is 0 Å². The zero-order chi connectivity index (χ0) is 26.5. The van der Waals surface area contributed by atoms with Gasteiger partial charge in [-0.3, -0.25) is 14.4 Å². The summed E-state index contributed by atoms with van der Waals surface area (Å²) >= 11 is 0. The number of hydrogen-bond acceptors (Lipinski definition) is 8. The fraction of sp³-hybridized carbons (Fsp3) is 0.696. The van der Waals surface area contributed by atoms with Crippen molar-refractivity contribution in [1.82, 2.24) is 16.0 Å². The molecule has 2 saturated heterocycles. The number of ether oxygens (including phenoxy) is 1. The molecule has 0 spiro atoms. The number of hydrogen-bond donors (Lipinski definition) is 3. The molecule has 0 aromatic heterocycles. The van der Waals surface area contributed by atoms with Crippen LogP contribution in [0.1, 0.15) is 54.9 Å². The maximum absolute atomic E-state index is 13.9. The summed E-state index contributed by atoms with van der Waals surface area (Å²) in [6.07, 6.45) is 0.598. The van der Waals surface area contributed by atoms with E-state index in [-0.39, 0.29) is 40.1 Å². The summed E-state index contributed by atoms with van der Waals surface area (Å²) in [6, 6.07) is -2.72. The summed E-state index contributed by atoms with van der Waals surface area (Å²) in [7, 11) is 2.43. The average Bonchev–Trinajstić information content (AvgIpc) is 2.80. The lowest BCUT2D eigenvalue weighted by Crippen LogP contribution is -2.61. The summed E-state index contributed by atoms with van der Waals surface area (Å²) in [6.45, 7) is 12.5. The molecule has 35 heavy (non-hydrogen) atoms. The minimum Gasteiger partial charge on any atom is -0.458 e. The van der Waals surface area contributed by atoms with E-state index in [1.165, 1.54) is 27.8 Å². The van der Waals surface area contributed by atoms with Gasteiger partial charge in [0.2, 0.25) is 23.8 Å². The van der Waals surface area contributed by atoms with Gasteiger partial charge in [0.15, 0.2) is 11.0 Å². The molecule has 5 atom stereocenters. The fourth-order valence-corrected chi connectivity index (χ4v) is 7.44. The Morgan fingerprint density at radius 3 is 2.26 bits per heavy atom. The molecule has 0 aromatic carbocycles. The molecule has 10 nitrogen and oxygen atoms in total. The maximum atomic E-state index is 13.9. The number of fused-ring (bicyclic) bond motifs is 4. The lowest BCUT2D eigenvalue weighted by Gasteiger charge is -2.39. The monoisotopic (exact) mass is 529 g/mol. The molecule has 2 fully saturated rings. The van der Waals surface area contributed by atoms with Gasteiger partial charge >= 0.3 is 11.9 Å². The van der Waals surface area contributed by atoms with E-state index in [0.717, 1.165) is 0 Å². The van der Waals surface area contributed by atoms with Crippen LogP contribution in [0.3, 0.4) is 0 Å². The standard InChI is InChI=1S/C23H36N4O6S2/c1-8-15-22(31)27(9-2)19(13(5)6)23(32)33-14(7)10-17(28)26-18(12(3)4)21(30)25-16(11-34-35-27)20(29)24-15/h8,12-14,16,18-19H,9-11H2,1-7H3,(H2-,24,25,26,28,29,30)/p+1/t14-,16-,18-,19+,27?/m1/s1. The van der Waals surface area contributed by atoms with Crippen molar-refractivity contribution in [3.05, 3.63) is 11.8 Å². The first-order chi connectivity index (χ1) is 16.4. The van der Waals surface area contributed by atoms with Crippen LogP contribution in [0.5, 0.6) is 0 Å². The number of rotatable bonds is 3. The smallest absolute Gasteiger partial charge is 0.374 e. The van der Waals surface area contributed by atoms with Crippen LogP contribution in [-0.4, -0.2) is 70.0 Å². The molecule has 0 saturated carbocycles. The molecular formula is C23H37N4O6S2+. The van der Waals surface area contributed by atoms with Gasteiger partial charge in [-0.1, -0.05) is 33.8 Å². The van der Waals surface area contributed by atoms with Gasteiger partial charge in [-0.2, -0.15) is 3.89 Å². The molecule has 3 N–H and O–H groups in total. The van der Waals surface area contributed by atoms with Crippen LogP contribution in [0.15, 0.2) is 11.8 Å². The predicted molar refractivity (Wildman–Crippen MR) is 135 cm³/mol. The SMILES string of the molecule is CC=C1NC(=O)[C@H]2CSS[N+](CC)(C1=O)[C@@H](C(C)C)C(=O)O[C@H](C)CC(=O)N[C@H](C(C)C)C(=O)N2. The second kappa shape index (κ2) is 12.3. The Morgan fingerprint density at radius 1 is 1.06 bits per heavy atom. The Balaban J connectivity index is 2.67. The van der Waals surface area contributed by atoms with Crippen LogP contribution in [0, 0.1) is 11.8 Å². The quantitative estimate of drug-likeness (QED) is 0.165. The number of carbonyl (C=O) groups excluding carboxylic acids is 5. The first-order valence-corrected chi connectivity index (χ1v) is 14.2. The summed E-state index contributed by atoms with van der Waals surface area (Å²) in [5.74, 6) is -2.89. The molecule has 0 aromatic rings. The van der Waals surface area contributed by atoms with E-state index < -0.39 is 53.8 Å². The van der Waals surface area contributed by atoms with E-state index in [0.29, 0.717) is 0 Å². The molecule has 4 amide bonds. The Hall–Kier alpha value is -2.05. The van der Waals surface area contributed by atoms with Crippen LogP contribution in [0.2, 0.25) is 0 Å². The molecule has 0 radical (unpaired) electrons. The van der Waals surface area contributed by atoms with Crippen molar-refractivity contribution in [2.45, 2.75) is 79.1 Å². The Morgan fingerprint density at radius 2 is 1.71 bits per heavy atom. The van der Waals surface area contributed by atoms with Crippen molar-refractivity contribution in [3.63, 3.8) is 0 Å². The van der Waals surface area contributed by atoms with Crippen molar-refractivity contribution in [2.24, 2.45) is 11.8 Å². The van der Waals surface area contributed by atoms with Crippen LogP contribution >= 0.6 is 21.8 Å². The third kappa shape index (κ3) is 6.59. The number of esters is 1. The second-order valence-electron chi connectivity index (χ2n) is 9.46. The first-order valence-electron chi connectivity index (χ1n) is 11.9. The maximum Gasteiger partial charge on any atom is 0.374 e. The van der Waals surface area contributed by atoms with E-state index in [2.05, 4.69) is 16.0 Å². The van der Waals surface area contributed by atoms with Crippen molar-refractivity contribution >= 4 is 51.4 Å². The number of nitrogens with zero attached hydrogens (tertiary/aromatic N) is 1. The molecule has 1 unspecified atom stereocenters. The largest absolute Gasteiger partial charge is 0.458 e. The highest BCUT2D eigenvalue weighted by Gasteiger charge is 2.54. The van der Waals surface area contributed by atoms with Gasteiger partial charge < -0.3 is 20.7 Å². The normalized spacial score (nSPS) is 32.8. The van der Waals surface area contributed by atoms with Crippen LogP contribution in [0.4, 0.5) is 0 Å². The second-order valence-corrected chi connectivity index (χ2v) is 12.0. The topological polar surface area (TPSA) is 131 Å². The molecule has 2 bridgehead atoms. The molecule has 2 aliphatic heterocycles. The van der Waals surface area contributed by atoms with Gasteiger partial charge in [0.1, 0.15) is 23.9 Å². The summed E-state index contributed by atoms with van der Waals surface area (Å²) in [5.41, 5.74) is 0.0541. The highest BCUT2D eigenvalue weighted by Crippen LogP contribution is 2.42. The van der Waals surface area contributed by atoms with Gasteiger partial charge in [-0.05, 0) is 37.5 Å². The van der Waals surface area contributed by atoms with Crippen LogP contribution < -0.4 is 16.0 Å². The number of nitrogens with one attached hydrogen (secondary N) is 3. The number of amides is 4. The summed E-state index contributed by atoms with van der Waals surface area (Å²) in [5, 5.41) is 8.11. The minimum absolute atomic E-state index is 0.0541. The van der Waals surface area contributed by atoms with Crippen molar-refractivity contribution in [2.75, 3.05) is 12.3 Å². The van der Waals surface area contributed by atoms with E-state index >= 15 is 0 Å². The minimum atomic E-state index is -0.953. The third-order valence-electron chi connectivity index (χ3n) is 6.02. The molecule has 196 valence electrons. The predicted octanol–water partition coefficient (Wildman–Crippen LogP) is 1.67. The van der Waals surface area contributed by atoms with Crippen molar-refractivity contribution < 1.29 is 32.6 Å². The molecule has 2 heterocycles. The summed E-state index contributed by atoms with van der Waals surface area (Å²) < 4.78 is 5.34. The van der Waals surface area contributed by atoms with Crippen LogP contribution in [-0.2, 0) is 28.7 Å². The van der Waals surface area contributed by atoms with Gasteiger partial charge in [0.25, 0.3) is 0 Å². The molecule has 2 rings (SSSR count). The Kier molecular flexibility index (Phi) is 10.2. The van der Waals surface area contributed by atoms with Gasteiger partial charge in [0, 0.05) is 11.7 Å². The number of likely N-dealkylation sites (N-methyl/N-ethyl adjacent to an activating group) is 1. The van der Waals surface area contributed by atoms with E-state index in [1.807, 2.05) is 13.8 Å². The zero-order valence-corrected chi connectivity index (χ0v) is 23.0. The lowest BCUT2D eigenvalue weighted by atomic mass is 10.0. The number of quaternary nitrogens is 1. The highest BCUT2D eigenvalue weighted by atomic mass is 33.1. The van der Waals surface area contributed by atoms with Crippen LogP contribution in [0.25, 0.3) is 0 Å². The molecule has 0 aliphatic carbocycles. The number of cyclic esters (lactones) is 1. The Bertz CT molecular complexity index is 893. The lowest BCUT2D eigenvalue weighted by molar-refractivity contribution is -0.735. The number of allylic oxidation sites excluding steroid dienone is 1. The average molecular weight is 530 g/mol. The highest BCUT2D eigenvalue weighted by molar-refractivity contribution is 8.74. The molecular weight excluding hydrogens is 492 g/mol. The van der Waals surface area contributed by atoms with Gasteiger partial charge in [-0.25, -0.2) is 9.59 Å². The molecule has 2 aliphatic rings. The summed E-state index contributed by atoms with van der Waals surface area (Å²) in [4.78, 5) is 66.2. The van der Waals surface area contributed by atoms with Gasteiger partial charge in [0.05, 0.1) is 13.0 Å². The van der Waals surface area contributed by atoms with E-state index in [9.17, 15) is 24.0 Å². The number of carbonyl (C=O) groups is 5.